The van der Waals surface area contributed by atoms with Crippen LogP contribution >= 0.6 is 15.9 Å². The van der Waals surface area contributed by atoms with Crippen molar-refractivity contribution in [3.8, 4) is 0 Å². The van der Waals surface area contributed by atoms with Gasteiger partial charge in [0.1, 0.15) is 10.2 Å². The summed E-state index contributed by atoms with van der Waals surface area (Å²) < 4.78 is 3.77. The zero-order valence-electron chi connectivity index (χ0n) is 6.25. The Kier molecular flexibility index (Phi) is 1.61. The van der Waals surface area contributed by atoms with Crippen LogP contribution in [0.3, 0.4) is 0 Å². The Morgan fingerprint density at radius 1 is 1.58 bits per heavy atom. The first-order valence-electron chi connectivity index (χ1n) is 3.76. The van der Waals surface area contributed by atoms with Gasteiger partial charge in [-0.3, -0.25) is 4.79 Å². The highest BCUT2D eigenvalue weighted by Crippen LogP contribution is 2.43. The quantitative estimate of drug-likeness (QED) is 0.272. The lowest BCUT2D eigenvalue weighted by Crippen LogP contribution is -2.35. The second kappa shape index (κ2) is 2.42. The molecule has 0 amide bonds. The Hall–Kier alpha value is -0.640. The predicted octanol–water partition coefficient (Wildman–Crippen LogP) is 1.17. The number of rotatable bonds is 0. The number of ether oxygens (including phenoxy) is 1. The Labute approximate surface area is 77.9 Å². The molecule has 3 nitrogen and oxygen atoms in total. The zero-order valence-corrected chi connectivity index (χ0v) is 7.83. The number of hydrogen-bond acceptors (Lipinski definition) is 3. The van der Waals surface area contributed by atoms with Gasteiger partial charge in [-0.1, -0.05) is 28.1 Å². The molecule has 1 aliphatic carbocycles. The van der Waals surface area contributed by atoms with E-state index >= 15 is 0 Å². The number of fused-ring (bicyclic) bond motifs is 1. The highest BCUT2D eigenvalue weighted by Gasteiger charge is 2.55. The van der Waals surface area contributed by atoms with E-state index in [-0.39, 0.29) is 0 Å². The first-order valence-corrected chi connectivity index (χ1v) is 4.55. The van der Waals surface area contributed by atoms with Crippen molar-refractivity contribution in [2.45, 2.75) is 17.2 Å². The van der Waals surface area contributed by atoms with Crippen LogP contribution in [0.15, 0.2) is 12.2 Å². The Morgan fingerprint density at radius 2 is 2.33 bits per heavy atom. The number of hydrogen-bond donors (Lipinski definition) is 0. The van der Waals surface area contributed by atoms with E-state index in [1.165, 1.54) is 0 Å². The summed E-state index contributed by atoms with van der Waals surface area (Å²) in [6.45, 7) is 0. The molecule has 0 saturated carbocycles. The van der Waals surface area contributed by atoms with Crippen LogP contribution in [-0.2, 0) is 14.3 Å². The molecule has 1 saturated heterocycles. The van der Waals surface area contributed by atoms with E-state index in [2.05, 4.69) is 20.7 Å². The van der Waals surface area contributed by atoms with Crippen molar-refractivity contribution in [1.82, 2.24) is 0 Å². The van der Waals surface area contributed by atoms with Crippen molar-refractivity contribution >= 4 is 27.9 Å². The minimum absolute atomic E-state index is 0.418. The lowest BCUT2D eigenvalue weighted by atomic mass is 9.86. The summed E-state index contributed by atoms with van der Waals surface area (Å²) >= 11 is 3.28. The van der Waals surface area contributed by atoms with Crippen LogP contribution in [-0.4, -0.2) is 16.3 Å². The summed E-state index contributed by atoms with van der Waals surface area (Å²) in [6, 6.07) is 0. The monoisotopic (exact) mass is 230 g/mol. The molecule has 64 valence electrons. The molecular formula is C8H7BrO3. The van der Waals surface area contributed by atoms with Gasteiger partial charge in [0, 0.05) is 0 Å². The van der Waals surface area contributed by atoms with Crippen LogP contribution < -0.4 is 0 Å². The van der Waals surface area contributed by atoms with E-state index in [0.29, 0.717) is 6.42 Å². The zero-order chi connectivity index (χ0) is 8.77. The maximum absolute atomic E-state index is 11.2. The Bertz CT molecular complexity index is 284. The number of allylic oxidation sites excluding steroid dienone is 1. The third kappa shape index (κ3) is 0.874. The average molecular weight is 231 g/mol. The minimum atomic E-state index is -0.765. The fourth-order valence-electron chi connectivity index (χ4n) is 1.57. The van der Waals surface area contributed by atoms with Gasteiger partial charge >= 0.3 is 11.9 Å². The summed E-state index contributed by atoms with van der Waals surface area (Å²) in [7, 11) is 0. The van der Waals surface area contributed by atoms with Crippen LogP contribution in [0.25, 0.3) is 0 Å². The molecule has 0 bridgehead atoms. The second-order valence-electron chi connectivity index (χ2n) is 3.02. The van der Waals surface area contributed by atoms with Crippen LogP contribution in [0.4, 0.5) is 0 Å². The van der Waals surface area contributed by atoms with Crippen molar-refractivity contribution < 1.29 is 14.3 Å². The molecular weight excluding hydrogens is 224 g/mol. The largest absolute Gasteiger partial charge is 0.392 e. The van der Waals surface area contributed by atoms with Crippen molar-refractivity contribution in [2.75, 3.05) is 0 Å². The molecule has 2 unspecified atom stereocenters. The lowest BCUT2D eigenvalue weighted by molar-refractivity contribution is -0.153. The first-order chi connectivity index (χ1) is 5.64. The Morgan fingerprint density at radius 3 is 3.00 bits per heavy atom. The molecule has 1 aliphatic heterocycles. The Balaban J connectivity index is 2.43. The normalized spacial score (nSPS) is 39.6. The molecule has 2 aliphatic rings. The van der Waals surface area contributed by atoms with Crippen LogP contribution in [0.1, 0.15) is 12.8 Å². The molecule has 0 aromatic rings. The highest BCUT2D eigenvalue weighted by atomic mass is 79.9. The molecule has 1 heterocycles. The van der Waals surface area contributed by atoms with Gasteiger partial charge < -0.3 is 4.74 Å². The molecule has 1 fully saturated rings. The number of carbonyl (C=O) groups is 2. The van der Waals surface area contributed by atoms with Gasteiger partial charge in [0.25, 0.3) is 0 Å². The molecule has 0 N–H and O–H groups in total. The number of alkyl halides is 1. The third-order valence-electron chi connectivity index (χ3n) is 2.28. The van der Waals surface area contributed by atoms with Crippen LogP contribution in [0.2, 0.25) is 0 Å². The van der Waals surface area contributed by atoms with E-state index in [9.17, 15) is 9.59 Å². The van der Waals surface area contributed by atoms with Gasteiger partial charge in [0.2, 0.25) is 0 Å². The smallest absolute Gasteiger partial charge is 0.331 e. The number of esters is 2. The summed E-state index contributed by atoms with van der Waals surface area (Å²) in [5.41, 5.74) is 0. The molecule has 0 aromatic heterocycles. The molecule has 2 atom stereocenters. The minimum Gasteiger partial charge on any atom is -0.392 e. The van der Waals surface area contributed by atoms with E-state index < -0.39 is 22.2 Å². The fraction of sp³-hybridized carbons (Fsp3) is 0.500. The van der Waals surface area contributed by atoms with Crippen molar-refractivity contribution in [3.63, 3.8) is 0 Å². The number of halogens is 1. The van der Waals surface area contributed by atoms with E-state index in [1.54, 1.807) is 6.08 Å². The van der Waals surface area contributed by atoms with E-state index in [4.69, 9.17) is 0 Å². The van der Waals surface area contributed by atoms with Gasteiger partial charge in [-0.05, 0) is 12.8 Å². The average Bonchev–Trinajstić information content (AvgIpc) is 2.25. The maximum Gasteiger partial charge on any atom is 0.331 e. The van der Waals surface area contributed by atoms with Gasteiger partial charge in [-0.25, -0.2) is 4.79 Å². The highest BCUT2D eigenvalue weighted by molar-refractivity contribution is 9.10. The number of cyclic esters (lactones) is 2. The van der Waals surface area contributed by atoms with Crippen LogP contribution in [0, 0.1) is 5.92 Å². The summed E-state index contributed by atoms with van der Waals surface area (Å²) in [5.74, 6) is -1.30. The summed E-state index contributed by atoms with van der Waals surface area (Å²) in [5, 5.41) is 0. The molecule has 0 radical (unpaired) electrons. The van der Waals surface area contributed by atoms with Crippen molar-refractivity contribution in [2.24, 2.45) is 5.92 Å². The maximum atomic E-state index is 11.2. The molecule has 0 aromatic carbocycles. The van der Waals surface area contributed by atoms with E-state index in [0.717, 1.165) is 6.42 Å². The van der Waals surface area contributed by atoms with Gasteiger partial charge in [-0.15, -0.1) is 0 Å². The predicted molar refractivity (Wildman–Crippen MR) is 44.6 cm³/mol. The first kappa shape index (κ1) is 7.98. The molecule has 4 heteroatoms. The van der Waals surface area contributed by atoms with Gasteiger partial charge in [-0.2, -0.15) is 0 Å². The summed E-state index contributed by atoms with van der Waals surface area (Å²) in [6.07, 6.45) is 5.10. The second-order valence-corrected chi connectivity index (χ2v) is 4.43. The number of carbonyl (C=O) groups excluding carboxylic acids is 2. The van der Waals surface area contributed by atoms with E-state index in [1.807, 2.05) is 6.08 Å². The topological polar surface area (TPSA) is 43.4 Å². The van der Waals surface area contributed by atoms with Gasteiger partial charge in [0.15, 0.2) is 0 Å². The fourth-order valence-corrected chi connectivity index (χ4v) is 2.22. The molecule has 0 spiro atoms. The SMILES string of the molecule is O=C1OC(=O)C2(Br)CCC=CC12. The van der Waals surface area contributed by atoms with Gasteiger partial charge in [0.05, 0.1) is 0 Å². The summed E-state index contributed by atoms with van der Waals surface area (Å²) in [4.78, 5) is 22.3. The van der Waals surface area contributed by atoms with Crippen LogP contribution in [0.5, 0.6) is 0 Å². The van der Waals surface area contributed by atoms with Crippen molar-refractivity contribution in [1.29, 1.82) is 0 Å². The molecule has 2 rings (SSSR count). The standard InChI is InChI=1S/C8H7BrO3/c9-8-4-2-1-3-5(8)6(10)12-7(8)11/h1,3,5H,2,4H2. The lowest BCUT2D eigenvalue weighted by Gasteiger charge is -2.23. The van der Waals surface area contributed by atoms with Crippen molar-refractivity contribution in [3.05, 3.63) is 12.2 Å². The molecule has 12 heavy (non-hydrogen) atoms. The third-order valence-corrected chi connectivity index (χ3v) is 3.50.